The minimum Gasteiger partial charge on any atom is -0.481 e. The third kappa shape index (κ3) is 2.13. The van der Waals surface area contributed by atoms with E-state index in [1.54, 1.807) is 0 Å². The Balaban J connectivity index is 3.17. The minimum absolute atomic E-state index is 0.187. The maximum atomic E-state index is 11.7. The molecule has 1 aliphatic carbocycles. The number of hydrogen-bond acceptors (Lipinski definition) is 2. The summed E-state index contributed by atoms with van der Waals surface area (Å²) in [5.74, 6) is -1.50. The predicted molar refractivity (Wildman–Crippen MR) is 68.3 cm³/mol. The molecule has 1 fully saturated rings. The summed E-state index contributed by atoms with van der Waals surface area (Å²) in [5.41, 5.74) is -2.14. The van der Waals surface area contributed by atoms with E-state index in [0.717, 1.165) is 0 Å². The molecule has 0 bridgehead atoms. The zero-order valence-corrected chi connectivity index (χ0v) is 11.7. The van der Waals surface area contributed by atoms with E-state index in [4.69, 9.17) is 0 Å². The Hall–Kier alpha value is -1.06. The van der Waals surface area contributed by atoms with Crippen molar-refractivity contribution < 1.29 is 19.8 Å². The molecule has 18 heavy (non-hydrogen) atoms. The standard InChI is InChI=1S/C14H24O4/c1-9(2)7-13(11(15)16)5-6-14(13,12(17)18)8-10(3)4/h9-10H,5-8H2,1-4H3,(H,15,16)(H,17,18)/t13-,14+. The predicted octanol–water partition coefficient (Wildman–Crippen LogP) is 3.01. The second kappa shape index (κ2) is 4.90. The molecule has 2 atom stereocenters. The van der Waals surface area contributed by atoms with Crippen molar-refractivity contribution in [3.05, 3.63) is 0 Å². The molecule has 0 aromatic heterocycles. The minimum atomic E-state index is -1.07. The Morgan fingerprint density at radius 2 is 1.17 bits per heavy atom. The largest absolute Gasteiger partial charge is 0.481 e. The van der Waals surface area contributed by atoms with Gasteiger partial charge < -0.3 is 10.2 Å². The van der Waals surface area contributed by atoms with Crippen LogP contribution in [0.2, 0.25) is 0 Å². The molecule has 1 saturated carbocycles. The van der Waals surface area contributed by atoms with E-state index in [1.807, 2.05) is 27.7 Å². The molecule has 0 radical (unpaired) electrons. The van der Waals surface area contributed by atoms with Crippen molar-refractivity contribution in [2.75, 3.05) is 0 Å². The fourth-order valence-corrected chi connectivity index (χ4v) is 3.52. The molecule has 0 aliphatic heterocycles. The lowest BCUT2D eigenvalue weighted by atomic mass is 9.45. The number of carboxylic acid groups (broad SMARTS) is 2. The van der Waals surface area contributed by atoms with Crippen molar-refractivity contribution in [2.45, 2.75) is 53.4 Å². The van der Waals surface area contributed by atoms with Gasteiger partial charge in [0.15, 0.2) is 0 Å². The molecule has 0 unspecified atom stereocenters. The van der Waals surface area contributed by atoms with E-state index in [0.29, 0.717) is 25.7 Å². The lowest BCUT2D eigenvalue weighted by molar-refractivity contribution is -0.199. The maximum absolute atomic E-state index is 11.7. The molecule has 104 valence electrons. The van der Waals surface area contributed by atoms with Crippen molar-refractivity contribution in [3.63, 3.8) is 0 Å². The van der Waals surface area contributed by atoms with Gasteiger partial charge in [-0.2, -0.15) is 0 Å². The third-order valence-electron chi connectivity index (χ3n) is 4.23. The van der Waals surface area contributed by atoms with Gasteiger partial charge in [0.25, 0.3) is 0 Å². The van der Waals surface area contributed by atoms with E-state index in [-0.39, 0.29) is 11.8 Å². The van der Waals surface area contributed by atoms with Gasteiger partial charge in [-0.25, -0.2) is 0 Å². The molecule has 2 N–H and O–H groups in total. The number of rotatable bonds is 6. The average Bonchev–Trinajstić information content (AvgIpc) is 2.19. The van der Waals surface area contributed by atoms with Crippen LogP contribution >= 0.6 is 0 Å². The molecule has 0 amide bonds. The molecule has 4 heteroatoms. The Kier molecular flexibility index (Phi) is 4.08. The number of aliphatic carboxylic acids is 2. The smallest absolute Gasteiger partial charge is 0.310 e. The van der Waals surface area contributed by atoms with Crippen LogP contribution in [0.4, 0.5) is 0 Å². The van der Waals surface area contributed by atoms with Gasteiger partial charge in [0.2, 0.25) is 0 Å². The van der Waals surface area contributed by atoms with Gasteiger partial charge >= 0.3 is 11.9 Å². The molecule has 1 rings (SSSR count). The summed E-state index contributed by atoms with van der Waals surface area (Å²) >= 11 is 0. The second-order valence-electron chi connectivity index (χ2n) is 6.47. The summed E-state index contributed by atoms with van der Waals surface area (Å²) in [4.78, 5) is 23.4. The van der Waals surface area contributed by atoms with Gasteiger partial charge in [0, 0.05) is 0 Å². The Bertz CT molecular complexity index is 314. The summed E-state index contributed by atoms with van der Waals surface area (Å²) in [6.45, 7) is 7.80. The van der Waals surface area contributed by atoms with Crippen LogP contribution < -0.4 is 0 Å². The van der Waals surface area contributed by atoms with Crippen LogP contribution in [0.25, 0.3) is 0 Å². The molecule has 0 saturated heterocycles. The van der Waals surface area contributed by atoms with Crippen LogP contribution in [-0.4, -0.2) is 22.2 Å². The van der Waals surface area contributed by atoms with E-state index in [9.17, 15) is 19.8 Å². The summed E-state index contributed by atoms with van der Waals surface area (Å²) in [5, 5.41) is 19.1. The van der Waals surface area contributed by atoms with E-state index in [1.165, 1.54) is 0 Å². The monoisotopic (exact) mass is 256 g/mol. The van der Waals surface area contributed by atoms with E-state index >= 15 is 0 Å². The molecule has 0 aromatic rings. The lowest BCUT2D eigenvalue weighted by Gasteiger charge is -2.55. The molecule has 0 aromatic carbocycles. The zero-order chi connectivity index (χ0) is 14.1. The second-order valence-corrected chi connectivity index (χ2v) is 6.47. The van der Waals surface area contributed by atoms with Crippen LogP contribution in [0.3, 0.4) is 0 Å². The summed E-state index contributed by atoms with van der Waals surface area (Å²) in [7, 11) is 0. The molecular formula is C14H24O4. The first kappa shape index (κ1) is 15.0. The highest BCUT2D eigenvalue weighted by atomic mass is 16.4. The highest BCUT2D eigenvalue weighted by molar-refractivity contribution is 5.88. The third-order valence-corrected chi connectivity index (χ3v) is 4.23. The van der Waals surface area contributed by atoms with Crippen molar-refractivity contribution in [2.24, 2.45) is 22.7 Å². The Labute approximate surface area is 108 Å². The first-order valence-electron chi connectivity index (χ1n) is 6.65. The highest BCUT2D eigenvalue weighted by Crippen LogP contribution is 2.63. The average molecular weight is 256 g/mol. The molecule has 1 aliphatic rings. The van der Waals surface area contributed by atoms with Gasteiger partial charge in [-0.1, -0.05) is 27.7 Å². The number of carbonyl (C=O) groups is 2. The fraction of sp³-hybridized carbons (Fsp3) is 0.857. The lowest BCUT2D eigenvalue weighted by Crippen LogP contribution is -2.61. The normalized spacial score (nSPS) is 31.4. The van der Waals surface area contributed by atoms with Gasteiger partial charge in [-0.05, 0) is 37.5 Å². The van der Waals surface area contributed by atoms with Crippen LogP contribution in [0.15, 0.2) is 0 Å². The number of hydrogen-bond donors (Lipinski definition) is 2. The maximum Gasteiger partial charge on any atom is 0.310 e. The molecule has 0 spiro atoms. The first-order chi connectivity index (χ1) is 8.18. The summed E-state index contributed by atoms with van der Waals surface area (Å²) in [6.07, 6.45) is 1.86. The van der Waals surface area contributed by atoms with Crippen LogP contribution in [0.1, 0.15) is 53.4 Å². The van der Waals surface area contributed by atoms with Gasteiger partial charge in [0.1, 0.15) is 0 Å². The van der Waals surface area contributed by atoms with Gasteiger partial charge in [-0.15, -0.1) is 0 Å². The van der Waals surface area contributed by atoms with Gasteiger partial charge in [-0.3, -0.25) is 9.59 Å². The van der Waals surface area contributed by atoms with Crippen LogP contribution in [0, 0.1) is 22.7 Å². The van der Waals surface area contributed by atoms with Crippen molar-refractivity contribution in [1.82, 2.24) is 0 Å². The molecule has 4 nitrogen and oxygen atoms in total. The summed E-state index contributed by atoms with van der Waals surface area (Å²) < 4.78 is 0. The Morgan fingerprint density at radius 1 is 0.889 bits per heavy atom. The number of carboxylic acids is 2. The quantitative estimate of drug-likeness (QED) is 0.766. The highest BCUT2D eigenvalue weighted by Gasteiger charge is 2.67. The molecular weight excluding hydrogens is 232 g/mol. The summed E-state index contributed by atoms with van der Waals surface area (Å²) in [6, 6.07) is 0. The van der Waals surface area contributed by atoms with Crippen molar-refractivity contribution in [3.8, 4) is 0 Å². The van der Waals surface area contributed by atoms with Gasteiger partial charge in [0.05, 0.1) is 10.8 Å². The van der Waals surface area contributed by atoms with E-state index in [2.05, 4.69) is 0 Å². The van der Waals surface area contributed by atoms with Crippen molar-refractivity contribution in [1.29, 1.82) is 0 Å². The zero-order valence-electron chi connectivity index (χ0n) is 11.7. The molecule has 0 heterocycles. The van der Waals surface area contributed by atoms with E-state index < -0.39 is 22.8 Å². The topological polar surface area (TPSA) is 74.6 Å². The fourth-order valence-electron chi connectivity index (χ4n) is 3.52. The van der Waals surface area contributed by atoms with Crippen molar-refractivity contribution >= 4 is 11.9 Å². The van der Waals surface area contributed by atoms with Crippen LogP contribution in [0.5, 0.6) is 0 Å². The van der Waals surface area contributed by atoms with Crippen LogP contribution in [-0.2, 0) is 9.59 Å². The SMILES string of the molecule is CC(C)C[C@]1(C(=O)O)CC[C@@]1(CC(C)C)C(=O)O. The first-order valence-corrected chi connectivity index (χ1v) is 6.65. The Morgan fingerprint density at radius 3 is 1.28 bits per heavy atom.